The molecule has 1 heterocycles. The Morgan fingerprint density at radius 1 is 1.44 bits per heavy atom. The number of alkyl halides is 1. The van der Waals surface area contributed by atoms with Gasteiger partial charge in [0.05, 0.1) is 5.69 Å². The number of aryl methyl sites for hydroxylation is 1. The van der Waals surface area contributed by atoms with E-state index in [1.54, 1.807) is 0 Å². The van der Waals surface area contributed by atoms with Crippen molar-refractivity contribution in [1.29, 1.82) is 0 Å². The molecule has 2 unspecified atom stereocenters. The number of pyridine rings is 1. The van der Waals surface area contributed by atoms with Crippen LogP contribution < -0.4 is 5.32 Å². The zero-order valence-corrected chi connectivity index (χ0v) is 10.5. The number of hydrogen-bond donors (Lipinski definition) is 1. The van der Waals surface area contributed by atoms with Gasteiger partial charge in [-0.1, -0.05) is 6.07 Å². The third kappa shape index (κ3) is 3.46. The third-order valence-electron chi connectivity index (χ3n) is 3.16. The van der Waals surface area contributed by atoms with Crippen LogP contribution in [-0.2, 0) is 6.54 Å². The fourth-order valence-electron chi connectivity index (χ4n) is 2.30. The minimum absolute atomic E-state index is 0.406. The van der Waals surface area contributed by atoms with Gasteiger partial charge in [0.15, 0.2) is 0 Å². The predicted octanol–water partition coefficient (Wildman–Crippen LogP) is 2.89. The first-order valence-electron chi connectivity index (χ1n) is 6.01. The number of halogens is 1. The maximum atomic E-state index is 6.08. The molecule has 1 aromatic rings. The number of nitrogens with zero attached hydrogens (tertiary/aromatic N) is 1. The minimum Gasteiger partial charge on any atom is -0.311 e. The second-order valence-electron chi connectivity index (χ2n) is 4.68. The molecule has 1 aliphatic carbocycles. The van der Waals surface area contributed by atoms with E-state index in [2.05, 4.69) is 22.4 Å². The van der Waals surface area contributed by atoms with Crippen LogP contribution in [0.2, 0.25) is 0 Å². The van der Waals surface area contributed by atoms with E-state index in [4.69, 9.17) is 11.6 Å². The summed E-state index contributed by atoms with van der Waals surface area (Å²) in [5, 5.41) is 3.88. The molecular formula is C13H19ClN2. The molecule has 0 amide bonds. The van der Waals surface area contributed by atoms with E-state index < -0.39 is 0 Å². The van der Waals surface area contributed by atoms with E-state index in [-0.39, 0.29) is 0 Å². The van der Waals surface area contributed by atoms with Crippen molar-refractivity contribution >= 4 is 11.6 Å². The Morgan fingerprint density at radius 2 is 2.31 bits per heavy atom. The molecule has 0 aromatic carbocycles. The van der Waals surface area contributed by atoms with Gasteiger partial charge in [-0.3, -0.25) is 4.98 Å². The van der Waals surface area contributed by atoms with E-state index in [0.29, 0.717) is 5.38 Å². The Balaban J connectivity index is 1.72. The zero-order chi connectivity index (χ0) is 11.4. The Bertz CT molecular complexity index is 340. The quantitative estimate of drug-likeness (QED) is 0.816. The molecule has 88 valence electrons. The summed E-state index contributed by atoms with van der Waals surface area (Å²) < 4.78 is 0. The third-order valence-corrected chi connectivity index (χ3v) is 3.56. The van der Waals surface area contributed by atoms with E-state index in [9.17, 15) is 0 Å². The normalized spacial score (nSPS) is 24.9. The second-order valence-corrected chi connectivity index (χ2v) is 5.29. The van der Waals surface area contributed by atoms with Crippen LogP contribution in [-0.4, -0.2) is 16.9 Å². The van der Waals surface area contributed by atoms with Crippen molar-refractivity contribution in [3.63, 3.8) is 0 Å². The van der Waals surface area contributed by atoms with Gasteiger partial charge >= 0.3 is 0 Å². The van der Waals surface area contributed by atoms with Gasteiger partial charge in [-0.15, -0.1) is 11.6 Å². The van der Waals surface area contributed by atoms with Gasteiger partial charge in [-0.05, 0) is 50.8 Å². The molecular weight excluding hydrogens is 220 g/mol. The average molecular weight is 239 g/mol. The molecule has 3 heteroatoms. The average Bonchev–Trinajstić information content (AvgIpc) is 2.64. The molecule has 2 nitrogen and oxygen atoms in total. The highest BCUT2D eigenvalue weighted by Crippen LogP contribution is 2.28. The first-order chi connectivity index (χ1) is 7.74. The summed E-state index contributed by atoms with van der Waals surface area (Å²) in [7, 11) is 0. The molecule has 2 rings (SSSR count). The summed E-state index contributed by atoms with van der Waals surface area (Å²) in [6, 6.07) is 6.15. The van der Waals surface area contributed by atoms with Crippen molar-refractivity contribution in [3.05, 3.63) is 29.6 Å². The van der Waals surface area contributed by atoms with E-state index in [0.717, 1.165) is 36.8 Å². The standard InChI is InChI=1S/C13H19ClN2/c1-10-3-2-4-13(16-10)9-15-8-11-5-6-12(14)7-11/h2-4,11-12,15H,5-9H2,1H3. The van der Waals surface area contributed by atoms with E-state index in [1.807, 2.05) is 13.0 Å². The van der Waals surface area contributed by atoms with Gasteiger partial charge < -0.3 is 5.32 Å². The van der Waals surface area contributed by atoms with Crippen molar-refractivity contribution in [2.45, 2.75) is 38.1 Å². The molecule has 1 aromatic heterocycles. The van der Waals surface area contributed by atoms with Gasteiger partial charge in [0.2, 0.25) is 0 Å². The summed E-state index contributed by atoms with van der Waals surface area (Å²) >= 11 is 6.08. The zero-order valence-electron chi connectivity index (χ0n) is 9.75. The first kappa shape index (κ1) is 11.9. The number of hydrogen-bond acceptors (Lipinski definition) is 2. The lowest BCUT2D eigenvalue weighted by atomic mass is 10.1. The Morgan fingerprint density at radius 3 is 3.00 bits per heavy atom. The smallest absolute Gasteiger partial charge is 0.0544 e. The minimum atomic E-state index is 0.406. The van der Waals surface area contributed by atoms with Crippen LogP contribution >= 0.6 is 11.6 Å². The molecule has 2 atom stereocenters. The van der Waals surface area contributed by atoms with Crippen LogP contribution in [0.4, 0.5) is 0 Å². The molecule has 0 saturated heterocycles. The number of aromatic nitrogens is 1. The topological polar surface area (TPSA) is 24.9 Å². The predicted molar refractivity (Wildman–Crippen MR) is 67.7 cm³/mol. The molecule has 16 heavy (non-hydrogen) atoms. The van der Waals surface area contributed by atoms with Crippen LogP contribution in [0.15, 0.2) is 18.2 Å². The van der Waals surface area contributed by atoms with Crippen molar-refractivity contribution in [2.75, 3.05) is 6.54 Å². The molecule has 1 fully saturated rings. The van der Waals surface area contributed by atoms with Crippen LogP contribution in [0.25, 0.3) is 0 Å². The van der Waals surface area contributed by atoms with Crippen LogP contribution in [0.3, 0.4) is 0 Å². The highest BCUT2D eigenvalue weighted by Gasteiger charge is 2.22. The highest BCUT2D eigenvalue weighted by atomic mass is 35.5. The lowest BCUT2D eigenvalue weighted by Crippen LogP contribution is -2.21. The summed E-state index contributed by atoms with van der Waals surface area (Å²) in [5.74, 6) is 0.757. The van der Waals surface area contributed by atoms with E-state index in [1.165, 1.54) is 12.8 Å². The van der Waals surface area contributed by atoms with Gasteiger partial charge in [-0.2, -0.15) is 0 Å². The molecule has 1 N–H and O–H groups in total. The molecule has 0 aliphatic heterocycles. The lowest BCUT2D eigenvalue weighted by Gasteiger charge is -2.10. The number of rotatable bonds is 4. The van der Waals surface area contributed by atoms with E-state index >= 15 is 0 Å². The Kier molecular flexibility index (Phi) is 4.19. The van der Waals surface area contributed by atoms with Crippen molar-refractivity contribution in [3.8, 4) is 0 Å². The molecule has 0 bridgehead atoms. The Labute approximate surface area is 102 Å². The monoisotopic (exact) mass is 238 g/mol. The van der Waals surface area contributed by atoms with Crippen molar-refractivity contribution < 1.29 is 0 Å². The largest absolute Gasteiger partial charge is 0.311 e. The summed E-state index contributed by atoms with van der Waals surface area (Å²) in [6.07, 6.45) is 3.61. The van der Waals surface area contributed by atoms with Crippen LogP contribution in [0, 0.1) is 12.8 Å². The van der Waals surface area contributed by atoms with Crippen LogP contribution in [0.5, 0.6) is 0 Å². The number of nitrogens with one attached hydrogen (secondary N) is 1. The summed E-state index contributed by atoms with van der Waals surface area (Å²) in [6.45, 7) is 3.96. The van der Waals surface area contributed by atoms with Crippen LogP contribution in [0.1, 0.15) is 30.7 Å². The van der Waals surface area contributed by atoms with Gasteiger partial charge in [-0.25, -0.2) is 0 Å². The van der Waals surface area contributed by atoms with Gasteiger partial charge in [0.1, 0.15) is 0 Å². The molecule has 0 radical (unpaired) electrons. The van der Waals surface area contributed by atoms with Crippen molar-refractivity contribution in [2.24, 2.45) is 5.92 Å². The molecule has 1 saturated carbocycles. The first-order valence-corrected chi connectivity index (χ1v) is 6.45. The van der Waals surface area contributed by atoms with Gasteiger partial charge in [0.25, 0.3) is 0 Å². The maximum Gasteiger partial charge on any atom is 0.0544 e. The SMILES string of the molecule is Cc1cccc(CNCC2CCC(Cl)C2)n1. The summed E-state index contributed by atoms with van der Waals surface area (Å²) in [4.78, 5) is 4.46. The second kappa shape index (κ2) is 5.65. The van der Waals surface area contributed by atoms with Crippen molar-refractivity contribution in [1.82, 2.24) is 10.3 Å². The molecule has 0 spiro atoms. The fourth-order valence-corrected chi connectivity index (χ4v) is 2.68. The highest BCUT2D eigenvalue weighted by molar-refractivity contribution is 6.20. The fraction of sp³-hybridized carbons (Fsp3) is 0.615. The molecule has 1 aliphatic rings. The summed E-state index contributed by atoms with van der Waals surface area (Å²) in [5.41, 5.74) is 2.21. The maximum absolute atomic E-state index is 6.08. The lowest BCUT2D eigenvalue weighted by molar-refractivity contribution is 0.487. The Hall–Kier alpha value is -0.600. The van der Waals surface area contributed by atoms with Gasteiger partial charge in [0, 0.05) is 17.6 Å².